The molecule has 0 radical (unpaired) electrons. The van der Waals surface area contributed by atoms with Crippen molar-refractivity contribution >= 4 is 18.0 Å². The standard InChI is InChI=1S/C26H25N3O6/c30-24(31)12-16-6-5-11-29(16)25(32)23-13-17(35-28-23)14-27-26(33)34-15-22-20-9-3-1-7-18(20)19-8-2-4-10-21(19)22/h1-4,7-10,13,16,22H,5-6,11-12,14-15H2,(H,27,33)(H,30,31)/t16-/m0/s1. The van der Waals surface area contributed by atoms with Crippen LogP contribution in [-0.2, 0) is 16.1 Å². The van der Waals surface area contributed by atoms with Gasteiger partial charge in [0, 0.05) is 24.6 Å². The molecule has 2 amide bonds. The lowest BCUT2D eigenvalue weighted by Gasteiger charge is -2.22. The number of amides is 2. The van der Waals surface area contributed by atoms with Gasteiger partial charge in [-0.3, -0.25) is 9.59 Å². The molecule has 2 aliphatic rings. The molecule has 2 aromatic carbocycles. The van der Waals surface area contributed by atoms with Crippen LogP contribution in [0.2, 0.25) is 0 Å². The summed E-state index contributed by atoms with van der Waals surface area (Å²) in [6.07, 6.45) is 0.695. The van der Waals surface area contributed by atoms with Gasteiger partial charge in [0.05, 0.1) is 13.0 Å². The predicted octanol–water partition coefficient (Wildman–Crippen LogP) is 3.79. The number of rotatable bonds is 7. The maximum absolute atomic E-state index is 12.7. The van der Waals surface area contributed by atoms with E-state index in [0.29, 0.717) is 18.7 Å². The maximum Gasteiger partial charge on any atom is 0.407 e. The molecule has 9 heteroatoms. The van der Waals surface area contributed by atoms with Gasteiger partial charge in [-0.25, -0.2) is 4.79 Å². The highest BCUT2D eigenvalue weighted by Gasteiger charge is 2.33. The van der Waals surface area contributed by atoms with E-state index >= 15 is 0 Å². The normalized spacial score (nSPS) is 16.6. The first kappa shape index (κ1) is 22.6. The lowest BCUT2D eigenvalue weighted by Crippen LogP contribution is -2.37. The van der Waals surface area contributed by atoms with Crippen molar-refractivity contribution in [2.75, 3.05) is 13.2 Å². The molecule has 1 aliphatic carbocycles. The molecule has 1 aromatic heterocycles. The van der Waals surface area contributed by atoms with E-state index in [4.69, 9.17) is 14.4 Å². The number of alkyl carbamates (subject to hydrolysis) is 1. The summed E-state index contributed by atoms with van der Waals surface area (Å²) in [5.74, 6) is -1.05. The predicted molar refractivity (Wildman–Crippen MR) is 125 cm³/mol. The number of hydrogen-bond acceptors (Lipinski definition) is 6. The number of carboxylic acid groups (broad SMARTS) is 1. The van der Waals surface area contributed by atoms with E-state index in [2.05, 4.69) is 34.7 Å². The molecule has 0 bridgehead atoms. The molecule has 1 fully saturated rings. The minimum absolute atomic E-state index is 0.00943. The van der Waals surface area contributed by atoms with E-state index < -0.39 is 12.1 Å². The molecule has 9 nitrogen and oxygen atoms in total. The van der Waals surface area contributed by atoms with Gasteiger partial charge in [-0.1, -0.05) is 53.7 Å². The number of nitrogens with zero attached hydrogens (tertiary/aromatic N) is 2. The van der Waals surface area contributed by atoms with E-state index in [-0.39, 0.29) is 43.1 Å². The summed E-state index contributed by atoms with van der Waals surface area (Å²) in [5, 5.41) is 15.5. The fraction of sp³-hybridized carbons (Fsp3) is 0.308. The summed E-state index contributed by atoms with van der Waals surface area (Å²) in [7, 11) is 0. The van der Waals surface area contributed by atoms with Crippen LogP contribution >= 0.6 is 0 Å². The Balaban J connectivity index is 1.16. The molecule has 2 heterocycles. The number of fused-ring (bicyclic) bond motifs is 3. The number of nitrogens with one attached hydrogen (secondary N) is 1. The van der Waals surface area contributed by atoms with Crippen molar-refractivity contribution in [3.8, 4) is 11.1 Å². The van der Waals surface area contributed by atoms with Gasteiger partial charge < -0.3 is 24.6 Å². The van der Waals surface area contributed by atoms with Crippen molar-refractivity contribution in [1.82, 2.24) is 15.4 Å². The van der Waals surface area contributed by atoms with Gasteiger partial charge in [-0.15, -0.1) is 0 Å². The number of carbonyl (C=O) groups is 3. The molecule has 1 saturated heterocycles. The zero-order valence-corrected chi connectivity index (χ0v) is 19.0. The molecular formula is C26H25N3O6. The van der Waals surface area contributed by atoms with Gasteiger partial charge in [-0.2, -0.15) is 0 Å². The Bertz CT molecular complexity index is 1220. The summed E-state index contributed by atoms with van der Waals surface area (Å²) < 4.78 is 10.7. The second kappa shape index (κ2) is 9.61. The maximum atomic E-state index is 12.7. The summed E-state index contributed by atoms with van der Waals surface area (Å²) in [6, 6.07) is 17.3. The van der Waals surface area contributed by atoms with Gasteiger partial charge in [-0.05, 0) is 35.1 Å². The third-order valence-corrected chi connectivity index (χ3v) is 6.58. The number of aromatic nitrogens is 1. The third kappa shape index (κ3) is 4.62. The molecule has 1 aliphatic heterocycles. The first-order chi connectivity index (χ1) is 17.0. The molecule has 180 valence electrons. The topological polar surface area (TPSA) is 122 Å². The molecule has 0 spiro atoms. The van der Waals surface area contributed by atoms with Crippen molar-refractivity contribution < 1.29 is 28.8 Å². The van der Waals surface area contributed by atoms with Crippen molar-refractivity contribution in [3.05, 3.63) is 77.2 Å². The average molecular weight is 476 g/mol. The number of ether oxygens (including phenoxy) is 1. The zero-order valence-electron chi connectivity index (χ0n) is 19.0. The Morgan fingerprint density at radius 1 is 1.09 bits per heavy atom. The molecule has 5 rings (SSSR count). The van der Waals surface area contributed by atoms with Crippen LogP contribution in [0.25, 0.3) is 11.1 Å². The molecular weight excluding hydrogens is 450 g/mol. The molecule has 0 saturated carbocycles. The van der Waals surface area contributed by atoms with Gasteiger partial charge in [0.25, 0.3) is 5.91 Å². The van der Waals surface area contributed by atoms with Crippen molar-refractivity contribution in [1.29, 1.82) is 0 Å². The van der Waals surface area contributed by atoms with Crippen LogP contribution in [0.15, 0.2) is 59.1 Å². The molecule has 0 unspecified atom stereocenters. The second-order valence-corrected chi connectivity index (χ2v) is 8.75. The van der Waals surface area contributed by atoms with E-state index in [1.54, 1.807) is 0 Å². The van der Waals surface area contributed by atoms with Crippen molar-refractivity contribution in [2.24, 2.45) is 0 Å². The van der Waals surface area contributed by atoms with Crippen molar-refractivity contribution in [2.45, 2.75) is 37.8 Å². The monoisotopic (exact) mass is 475 g/mol. The quantitative estimate of drug-likeness (QED) is 0.533. The first-order valence-electron chi connectivity index (χ1n) is 11.6. The minimum atomic E-state index is -0.942. The second-order valence-electron chi connectivity index (χ2n) is 8.75. The highest BCUT2D eigenvalue weighted by atomic mass is 16.5. The fourth-order valence-electron chi connectivity index (χ4n) is 4.97. The zero-order chi connectivity index (χ0) is 24.4. The largest absolute Gasteiger partial charge is 0.481 e. The Hall–Kier alpha value is -4.14. The van der Waals surface area contributed by atoms with Crippen LogP contribution in [0.5, 0.6) is 0 Å². The fourth-order valence-corrected chi connectivity index (χ4v) is 4.97. The Morgan fingerprint density at radius 2 is 1.77 bits per heavy atom. The molecule has 2 N–H and O–H groups in total. The average Bonchev–Trinajstić information content (AvgIpc) is 3.59. The summed E-state index contributed by atoms with van der Waals surface area (Å²) in [5.41, 5.74) is 4.65. The number of carbonyl (C=O) groups excluding carboxylic acids is 2. The minimum Gasteiger partial charge on any atom is -0.481 e. The van der Waals surface area contributed by atoms with E-state index in [9.17, 15) is 14.4 Å². The highest BCUT2D eigenvalue weighted by Crippen LogP contribution is 2.44. The highest BCUT2D eigenvalue weighted by molar-refractivity contribution is 5.93. The number of aliphatic carboxylic acids is 1. The van der Waals surface area contributed by atoms with Gasteiger partial charge in [0.2, 0.25) is 0 Å². The Kier molecular flexibility index (Phi) is 6.22. The van der Waals surface area contributed by atoms with Crippen LogP contribution in [-0.4, -0.2) is 52.3 Å². The Morgan fingerprint density at radius 3 is 2.46 bits per heavy atom. The lowest BCUT2D eigenvalue weighted by molar-refractivity contribution is -0.137. The third-order valence-electron chi connectivity index (χ3n) is 6.58. The smallest absolute Gasteiger partial charge is 0.407 e. The summed E-state index contributed by atoms with van der Waals surface area (Å²) in [6.45, 7) is 0.687. The number of likely N-dealkylation sites (tertiary alicyclic amines) is 1. The van der Waals surface area contributed by atoms with Gasteiger partial charge in [0.15, 0.2) is 11.5 Å². The molecule has 35 heavy (non-hydrogen) atoms. The number of hydrogen-bond donors (Lipinski definition) is 2. The number of benzene rings is 2. The van der Waals surface area contributed by atoms with Crippen LogP contribution in [0.4, 0.5) is 4.79 Å². The van der Waals surface area contributed by atoms with E-state index in [1.165, 1.54) is 11.0 Å². The molecule has 3 aromatic rings. The van der Waals surface area contributed by atoms with E-state index in [0.717, 1.165) is 28.7 Å². The van der Waals surface area contributed by atoms with Crippen molar-refractivity contribution in [3.63, 3.8) is 0 Å². The van der Waals surface area contributed by atoms with E-state index in [1.807, 2.05) is 24.3 Å². The summed E-state index contributed by atoms with van der Waals surface area (Å²) in [4.78, 5) is 37.7. The Labute approximate surface area is 201 Å². The molecule has 1 atom stereocenters. The van der Waals surface area contributed by atoms with Crippen LogP contribution in [0, 0.1) is 0 Å². The first-order valence-corrected chi connectivity index (χ1v) is 11.6. The lowest BCUT2D eigenvalue weighted by atomic mass is 9.98. The van der Waals surface area contributed by atoms with Gasteiger partial charge >= 0.3 is 12.1 Å². The van der Waals surface area contributed by atoms with Crippen LogP contribution < -0.4 is 5.32 Å². The van der Waals surface area contributed by atoms with Gasteiger partial charge in [0.1, 0.15) is 6.61 Å². The van der Waals surface area contributed by atoms with Crippen LogP contribution in [0.1, 0.15) is 52.6 Å². The van der Waals surface area contributed by atoms with Crippen LogP contribution in [0.3, 0.4) is 0 Å². The SMILES string of the molecule is O=C(O)C[C@@H]1CCCN1C(=O)c1cc(CNC(=O)OCC2c3ccccc3-c3ccccc32)on1. The summed E-state index contributed by atoms with van der Waals surface area (Å²) >= 11 is 0. The number of carboxylic acids is 1.